The van der Waals surface area contributed by atoms with E-state index in [0.29, 0.717) is 22.7 Å². The van der Waals surface area contributed by atoms with Gasteiger partial charge in [0.1, 0.15) is 16.5 Å². The van der Waals surface area contributed by atoms with Gasteiger partial charge in [0, 0.05) is 11.3 Å². The third-order valence-corrected chi connectivity index (χ3v) is 5.09. The zero-order valence-corrected chi connectivity index (χ0v) is 17.5. The monoisotopic (exact) mass is 451 g/mol. The van der Waals surface area contributed by atoms with E-state index in [1.54, 1.807) is 48.5 Å². The molecule has 1 amide bonds. The van der Waals surface area contributed by atoms with E-state index >= 15 is 0 Å². The second-order valence-corrected chi connectivity index (χ2v) is 7.25. The number of para-hydroxylation sites is 1. The van der Waals surface area contributed by atoms with Crippen molar-refractivity contribution in [3.63, 3.8) is 0 Å². The van der Waals surface area contributed by atoms with Crippen LogP contribution in [0.1, 0.15) is 10.4 Å². The summed E-state index contributed by atoms with van der Waals surface area (Å²) in [6.45, 7) is 0. The van der Waals surface area contributed by atoms with Crippen molar-refractivity contribution in [2.24, 2.45) is 0 Å². The molecule has 4 rings (SSSR count). The van der Waals surface area contributed by atoms with Crippen LogP contribution in [-0.4, -0.2) is 15.7 Å². The van der Waals surface area contributed by atoms with Gasteiger partial charge < -0.3 is 10.1 Å². The largest absolute Gasteiger partial charge is 0.457 e. The number of hydrogen-bond donors (Lipinski definition) is 1. The highest BCUT2D eigenvalue weighted by atomic mass is 35.5. The summed E-state index contributed by atoms with van der Waals surface area (Å²) in [6, 6.07) is 22.9. The van der Waals surface area contributed by atoms with E-state index < -0.39 is 5.56 Å². The Kier molecular flexibility index (Phi) is 6.02. The van der Waals surface area contributed by atoms with E-state index in [0.717, 1.165) is 10.4 Å². The maximum absolute atomic E-state index is 12.5. The van der Waals surface area contributed by atoms with Gasteiger partial charge in [0.25, 0.3) is 11.5 Å². The molecule has 1 aromatic heterocycles. The lowest BCUT2D eigenvalue weighted by Crippen LogP contribution is -2.21. The van der Waals surface area contributed by atoms with Gasteiger partial charge >= 0.3 is 0 Å². The highest BCUT2D eigenvalue weighted by Gasteiger charge is 2.11. The Morgan fingerprint density at radius 1 is 0.871 bits per heavy atom. The molecule has 0 aliphatic rings. The Hall–Kier alpha value is -3.61. The number of nitrogens with zero attached hydrogens (tertiary/aromatic N) is 2. The van der Waals surface area contributed by atoms with Crippen molar-refractivity contribution >= 4 is 34.8 Å². The van der Waals surface area contributed by atoms with Crippen LogP contribution in [-0.2, 0) is 0 Å². The van der Waals surface area contributed by atoms with Gasteiger partial charge in [0.15, 0.2) is 0 Å². The minimum atomic E-state index is -0.538. The van der Waals surface area contributed by atoms with E-state index in [1.807, 2.05) is 30.3 Å². The fourth-order valence-corrected chi connectivity index (χ4v) is 3.04. The number of carbonyl (C=O) groups is 1. The smallest absolute Gasteiger partial charge is 0.291 e. The van der Waals surface area contributed by atoms with Crippen molar-refractivity contribution in [2.75, 3.05) is 5.32 Å². The van der Waals surface area contributed by atoms with Gasteiger partial charge in [0.05, 0.1) is 16.9 Å². The van der Waals surface area contributed by atoms with Crippen LogP contribution < -0.4 is 15.6 Å². The minimum absolute atomic E-state index is 0.0825. The molecule has 1 heterocycles. The van der Waals surface area contributed by atoms with Gasteiger partial charge in [0.2, 0.25) is 0 Å². The second-order valence-electron chi connectivity index (χ2n) is 6.46. The number of nitrogens with one attached hydrogen (secondary N) is 1. The van der Waals surface area contributed by atoms with E-state index in [2.05, 4.69) is 10.4 Å². The van der Waals surface area contributed by atoms with Crippen molar-refractivity contribution < 1.29 is 9.53 Å². The number of aromatic nitrogens is 2. The predicted octanol–water partition coefficient (Wildman–Crippen LogP) is 5.58. The summed E-state index contributed by atoms with van der Waals surface area (Å²) in [6.07, 6.45) is 1.29. The van der Waals surface area contributed by atoms with Crippen molar-refractivity contribution in [3.05, 3.63) is 111 Å². The van der Waals surface area contributed by atoms with Crippen LogP contribution >= 0.6 is 23.2 Å². The van der Waals surface area contributed by atoms with Crippen LogP contribution in [0.2, 0.25) is 10.0 Å². The van der Waals surface area contributed by atoms with Crippen molar-refractivity contribution in [1.29, 1.82) is 0 Å². The fourth-order valence-electron chi connectivity index (χ4n) is 2.78. The van der Waals surface area contributed by atoms with Gasteiger partial charge in [-0.3, -0.25) is 9.59 Å². The first-order valence-corrected chi connectivity index (χ1v) is 9.95. The lowest BCUT2D eigenvalue weighted by molar-refractivity contribution is 0.102. The molecule has 1 N–H and O–H groups in total. The standard InChI is InChI=1S/C23H15Cl2N3O3/c24-20-14-26-28(23(30)21(20)25)17-10-6-15(7-11-17)22(29)27-16-8-12-19(13-9-16)31-18-4-2-1-3-5-18/h1-14H,(H,27,29). The zero-order valence-electron chi connectivity index (χ0n) is 16.0. The maximum atomic E-state index is 12.5. The molecule has 0 fully saturated rings. The van der Waals surface area contributed by atoms with Crippen LogP contribution in [0.15, 0.2) is 89.9 Å². The van der Waals surface area contributed by atoms with Crippen molar-refractivity contribution in [2.45, 2.75) is 0 Å². The van der Waals surface area contributed by atoms with Crippen molar-refractivity contribution in [1.82, 2.24) is 9.78 Å². The number of anilines is 1. The van der Waals surface area contributed by atoms with Gasteiger partial charge in [-0.25, -0.2) is 0 Å². The molecule has 0 radical (unpaired) electrons. The summed E-state index contributed by atoms with van der Waals surface area (Å²) in [5, 5.41) is 6.75. The van der Waals surface area contributed by atoms with E-state index in [-0.39, 0.29) is 16.0 Å². The molecular weight excluding hydrogens is 437 g/mol. The SMILES string of the molecule is O=C(Nc1ccc(Oc2ccccc2)cc1)c1ccc(-n2ncc(Cl)c(Cl)c2=O)cc1. The molecular formula is C23H15Cl2N3O3. The summed E-state index contributed by atoms with van der Waals surface area (Å²) < 4.78 is 6.85. The minimum Gasteiger partial charge on any atom is -0.457 e. The molecule has 3 aromatic carbocycles. The molecule has 0 unspecified atom stereocenters. The number of carbonyl (C=O) groups excluding carboxylic acids is 1. The second kappa shape index (κ2) is 9.04. The van der Waals surface area contributed by atoms with E-state index in [9.17, 15) is 9.59 Å². The van der Waals surface area contributed by atoms with Crippen LogP contribution in [0.4, 0.5) is 5.69 Å². The van der Waals surface area contributed by atoms with Crippen LogP contribution in [0.5, 0.6) is 11.5 Å². The normalized spacial score (nSPS) is 10.5. The number of ether oxygens (including phenoxy) is 1. The maximum Gasteiger partial charge on any atom is 0.291 e. The zero-order chi connectivity index (χ0) is 21.8. The fraction of sp³-hybridized carbons (Fsp3) is 0. The predicted molar refractivity (Wildman–Crippen MR) is 121 cm³/mol. The Labute approximate surface area is 187 Å². The molecule has 8 heteroatoms. The first-order valence-electron chi connectivity index (χ1n) is 9.19. The average molecular weight is 452 g/mol. The molecule has 31 heavy (non-hydrogen) atoms. The van der Waals surface area contributed by atoms with Crippen LogP contribution in [0.3, 0.4) is 0 Å². The number of amides is 1. The topological polar surface area (TPSA) is 73.2 Å². The summed E-state index contributed by atoms with van der Waals surface area (Å²) in [7, 11) is 0. The summed E-state index contributed by atoms with van der Waals surface area (Å²) in [5.41, 5.74) is 0.963. The third kappa shape index (κ3) is 4.77. The van der Waals surface area contributed by atoms with Crippen LogP contribution in [0.25, 0.3) is 5.69 Å². The Morgan fingerprint density at radius 2 is 1.52 bits per heavy atom. The lowest BCUT2D eigenvalue weighted by atomic mass is 10.2. The van der Waals surface area contributed by atoms with Gasteiger partial charge in [-0.15, -0.1) is 0 Å². The Morgan fingerprint density at radius 3 is 2.19 bits per heavy atom. The summed E-state index contributed by atoms with van der Waals surface area (Å²) in [5.74, 6) is 1.10. The molecule has 6 nitrogen and oxygen atoms in total. The first kappa shape index (κ1) is 20.7. The third-order valence-electron chi connectivity index (χ3n) is 4.34. The van der Waals surface area contributed by atoms with E-state index in [4.69, 9.17) is 27.9 Å². The number of rotatable bonds is 5. The Balaban J connectivity index is 1.44. The van der Waals surface area contributed by atoms with Crippen molar-refractivity contribution in [3.8, 4) is 17.2 Å². The van der Waals surface area contributed by atoms with Gasteiger partial charge in [-0.05, 0) is 60.7 Å². The first-order chi connectivity index (χ1) is 15.0. The number of benzene rings is 3. The molecule has 4 aromatic rings. The molecule has 0 spiro atoms. The molecule has 154 valence electrons. The van der Waals surface area contributed by atoms with E-state index in [1.165, 1.54) is 6.20 Å². The van der Waals surface area contributed by atoms with Gasteiger partial charge in [-0.1, -0.05) is 41.4 Å². The quantitative estimate of drug-likeness (QED) is 0.429. The summed E-state index contributed by atoms with van der Waals surface area (Å²) >= 11 is 11.7. The lowest BCUT2D eigenvalue weighted by Gasteiger charge is -2.09. The number of halogens is 2. The molecule has 0 atom stereocenters. The molecule has 0 aliphatic heterocycles. The average Bonchev–Trinajstić information content (AvgIpc) is 2.80. The van der Waals surface area contributed by atoms with Crippen LogP contribution in [0, 0.1) is 0 Å². The highest BCUT2D eigenvalue weighted by molar-refractivity contribution is 6.41. The Bertz CT molecular complexity index is 1270. The summed E-state index contributed by atoms with van der Waals surface area (Å²) in [4.78, 5) is 24.7. The molecule has 0 saturated carbocycles. The number of hydrogen-bond acceptors (Lipinski definition) is 4. The van der Waals surface area contributed by atoms with Gasteiger partial charge in [-0.2, -0.15) is 9.78 Å². The highest BCUT2D eigenvalue weighted by Crippen LogP contribution is 2.23. The molecule has 0 aliphatic carbocycles. The molecule has 0 bridgehead atoms. The molecule has 0 saturated heterocycles.